The van der Waals surface area contributed by atoms with Crippen LogP contribution >= 0.6 is 0 Å². The number of alkyl halides is 3. The van der Waals surface area contributed by atoms with E-state index in [2.05, 4.69) is 5.32 Å². The van der Waals surface area contributed by atoms with Crippen molar-refractivity contribution in [2.75, 3.05) is 18.9 Å². The molecule has 114 valence electrons. The van der Waals surface area contributed by atoms with Crippen molar-refractivity contribution in [2.45, 2.75) is 18.6 Å². The summed E-state index contributed by atoms with van der Waals surface area (Å²) in [5.41, 5.74) is -2.32. The van der Waals surface area contributed by atoms with Gasteiger partial charge in [0.25, 0.3) is 5.69 Å². The molecule has 1 atom stereocenters. The van der Waals surface area contributed by atoms with E-state index >= 15 is 0 Å². The Bertz CT molecular complexity index is 589. The Kier molecular flexibility index (Phi) is 3.75. The fraction of sp³-hybridized carbons (Fsp3) is 0.417. The number of likely N-dealkylation sites (tertiary alicyclic amines) is 1. The molecule has 0 aliphatic carbocycles. The Balaban J connectivity index is 2.30. The lowest BCUT2D eigenvalue weighted by atomic mass is 10.1. The van der Waals surface area contributed by atoms with Gasteiger partial charge in [-0.2, -0.15) is 13.2 Å². The average molecular weight is 303 g/mol. The zero-order valence-corrected chi connectivity index (χ0v) is 11.0. The Hall–Kier alpha value is -2.32. The Morgan fingerprint density at radius 1 is 1.43 bits per heavy atom. The van der Waals surface area contributed by atoms with Crippen molar-refractivity contribution in [1.82, 2.24) is 4.90 Å². The predicted octanol–water partition coefficient (Wildman–Crippen LogP) is 2.26. The van der Waals surface area contributed by atoms with Gasteiger partial charge in [-0.05, 0) is 18.6 Å². The first kappa shape index (κ1) is 15.1. The van der Waals surface area contributed by atoms with Crippen LogP contribution in [0.4, 0.5) is 24.5 Å². The van der Waals surface area contributed by atoms with Gasteiger partial charge in [0.1, 0.15) is 11.6 Å². The van der Waals surface area contributed by atoms with Crippen molar-refractivity contribution in [3.8, 4) is 0 Å². The maximum atomic E-state index is 12.8. The number of anilines is 1. The SMILES string of the molecule is CN1CC[C@@H](Nc2ccc([N+](=O)[O-])c(C(F)(F)F)c2)C1=O. The van der Waals surface area contributed by atoms with E-state index in [0.717, 1.165) is 6.07 Å². The van der Waals surface area contributed by atoms with Crippen molar-refractivity contribution in [1.29, 1.82) is 0 Å². The number of halogens is 3. The third-order valence-corrected chi connectivity index (χ3v) is 3.27. The molecule has 1 N–H and O–H groups in total. The maximum Gasteiger partial charge on any atom is 0.423 e. The van der Waals surface area contributed by atoms with Crippen molar-refractivity contribution < 1.29 is 22.9 Å². The number of nitro benzene ring substituents is 1. The molecular weight excluding hydrogens is 291 g/mol. The summed E-state index contributed by atoms with van der Waals surface area (Å²) in [5, 5.41) is 13.3. The van der Waals surface area contributed by atoms with Gasteiger partial charge in [-0.15, -0.1) is 0 Å². The number of carbonyl (C=O) groups excluding carboxylic acids is 1. The molecule has 1 saturated heterocycles. The first-order valence-corrected chi connectivity index (χ1v) is 6.07. The van der Waals surface area contributed by atoms with Crippen molar-refractivity contribution in [2.24, 2.45) is 0 Å². The molecule has 0 radical (unpaired) electrons. The summed E-state index contributed by atoms with van der Waals surface area (Å²) >= 11 is 0. The lowest BCUT2D eigenvalue weighted by molar-refractivity contribution is -0.388. The number of rotatable bonds is 3. The molecular formula is C12H12F3N3O3. The number of nitrogens with zero attached hydrogens (tertiary/aromatic N) is 2. The van der Waals surface area contributed by atoms with E-state index in [-0.39, 0.29) is 11.6 Å². The van der Waals surface area contributed by atoms with E-state index < -0.39 is 28.4 Å². The summed E-state index contributed by atoms with van der Waals surface area (Å²) in [5.74, 6) is -0.220. The standard InChI is InChI=1S/C12H12F3N3O3/c1-17-5-4-9(11(17)19)16-7-2-3-10(18(20)21)8(6-7)12(13,14)15/h2-3,6,9,16H,4-5H2,1H3/t9-/m1/s1. The molecule has 6 nitrogen and oxygen atoms in total. The smallest absolute Gasteiger partial charge is 0.374 e. The second kappa shape index (κ2) is 5.23. The Labute approximate surface area is 117 Å². The van der Waals surface area contributed by atoms with Gasteiger partial charge in [-0.1, -0.05) is 0 Å². The summed E-state index contributed by atoms with van der Waals surface area (Å²) in [6.45, 7) is 0.510. The molecule has 0 saturated carbocycles. The van der Waals surface area contributed by atoms with Crippen LogP contribution in [0.25, 0.3) is 0 Å². The Morgan fingerprint density at radius 2 is 2.10 bits per heavy atom. The van der Waals surface area contributed by atoms with Crippen LogP contribution in [0.3, 0.4) is 0 Å². The average Bonchev–Trinajstić information content (AvgIpc) is 2.69. The van der Waals surface area contributed by atoms with E-state index in [0.29, 0.717) is 19.0 Å². The van der Waals surface area contributed by atoms with Crippen LogP contribution in [-0.4, -0.2) is 35.4 Å². The van der Waals surface area contributed by atoms with Gasteiger partial charge in [-0.25, -0.2) is 0 Å². The lowest BCUT2D eigenvalue weighted by Crippen LogP contribution is -2.31. The number of hydrogen-bond donors (Lipinski definition) is 1. The van der Waals surface area contributed by atoms with Crippen LogP contribution in [-0.2, 0) is 11.0 Å². The summed E-state index contributed by atoms with van der Waals surface area (Å²) in [6.07, 6.45) is -4.37. The Morgan fingerprint density at radius 3 is 2.57 bits per heavy atom. The molecule has 9 heteroatoms. The molecule has 0 spiro atoms. The zero-order chi connectivity index (χ0) is 15.8. The van der Waals surface area contributed by atoms with Crippen molar-refractivity contribution in [3.63, 3.8) is 0 Å². The van der Waals surface area contributed by atoms with Crippen LogP contribution in [0.15, 0.2) is 18.2 Å². The first-order chi connectivity index (χ1) is 9.70. The van der Waals surface area contributed by atoms with Crippen molar-refractivity contribution >= 4 is 17.3 Å². The van der Waals surface area contributed by atoms with Crippen LogP contribution in [0, 0.1) is 10.1 Å². The number of nitro groups is 1. The monoisotopic (exact) mass is 303 g/mol. The van der Waals surface area contributed by atoms with E-state index in [1.807, 2.05) is 0 Å². The molecule has 0 unspecified atom stereocenters. The fourth-order valence-corrected chi connectivity index (χ4v) is 2.17. The van der Waals surface area contributed by atoms with Gasteiger partial charge >= 0.3 is 6.18 Å². The molecule has 0 aromatic heterocycles. The predicted molar refractivity (Wildman–Crippen MR) is 67.8 cm³/mol. The molecule has 1 aliphatic rings. The molecule has 1 fully saturated rings. The largest absolute Gasteiger partial charge is 0.423 e. The van der Waals surface area contributed by atoms with Gasteiger partial charge in [0.2, 0.25) is 5.91 Å². The summed E-state index contributed by atoms with van der Waals surface area (Å²) < 4.78 is 38.5. The minimum atomic E-state index is -4.84. The number of nitrogens with one attached hydrogen (secondary N) is 1. The highest BCUT2D eigenvalue weighted by molar-refractivity contribution is 5.86. The van der Waals surface area contributed by atoms with Gasteiger partial charge < -0.3 is 10.2 Å². The second-order valence-electron chi connectivity index (χ2n) is 4.73. The highest BCUT2D eigenvalue weighted by atomic mass is 19.4. The maximum absolute atomic E-state index is 12.8. The molecule has 1 aromatic rings. The topological polar surface area (TPSA) is 75.5 Å². The molecule has 1 aromatic carbocycles. The highest BCUT2D eigenvalue weighted by Crippen LogP contribution is 2.37. The number of hydrogen-bond acceptors (Lipinski definition) is 4. The zero-order valence-electron chi connectivity index (χ0n) is 11.0. The van der Waals surface area contributed by atoms with Gasteiger partial charge in [-0.3, -0.25) is 14.9 Å². The normalized spacial score (nSPS) is 19.0. The number of carbonyl (C=O) groups is 1. The fourth-order valence-electron chi connectivity index (χ4n) is 2.17. The van der Waals surface area contributed by atoms with E-state index in [4.69, 9.17) is 0 Å². The molecule has 1 amide bonds. The van der Waals surface area contributed by atoms with Gasteiger partial charge in [0.15, 0.2) is 0 Å². The third-order valence-electron chi connectivity index (χ3n) is 3.27. The van der Waals surface area contributed by atoms with E-state index in [1.165, 1.54) is 11.0 Å². The van der Waals surface area contributed by atoms with Crippen LogP contribution < -0.4 is 5.32 Å². The van der Waals surface area contributed by atoms with E-state index in [1.54, 1.807) is 7.05 Å². The van der Waals surface area contributed by atoms with Crippen LogP contribution in [0.2, 0.25) is 0 Å². The molecule has 1 aliphatic heterocycles. The molecule has 1 heterocycles. The van der Waals surface area contributed by atoms with Gasteiger partial charge in [0.05, 0.1) is 4.92 Å². The summed E-state index contributed by atoms with van der Waals surface area (Å²) in [6, 6.07) is 1.99. The first-order valence-electron chi connectivity index (χ1n) is 6.07. The second-order valence-corrected chi connectivity index (χ2v) is 4.73. The number of amides is 1. The quantitative estimate of drug-likeness (QED) is 0.686. The minimum Gasteiger partial charge on any atom is -0.374 e. The van der Waals surface area contributed by atoms with Gasteiger partial charge in [0, 0.05) is 25.3 Å². The lowest BCUT2D eigenvalue weighted by Gasteiger charge is -2.15. The van der Waals surface area contributed by atoms with Crippen molar-refractivity contribution in [3.05, 3.63) is 33.9 Å². The van der Waals surface area contributed by atoms with Crippen LogP contribution in [0.5, 0.6) is 0 Å². The molecule has 2 rings (SSSR count). The number of benzene rings is 1. The minimum absolute atomic E-state index is 0.0292. The number of likely N-dealkylation sites (N-methyl/N-ethyl adjacent to an activating group) is 1. The van der Waals surface area contributed by atoms with E-state index in [9.17, 15) is 28.1 Å². The third kappa shape index (κ3) is 3.06. The highest BCUT2D eigenvalue weighted by Gasteiger charge is 2.39. The summed E-state index contributed by atoms with van der Waals surface area (Å²) in [4.78, 5) is 22.7. The molecule has 21 heavy (non-hydrogen) atoms. The molecule has 0 bridgehead atoms. The van der Waals surface area contributed by atoms with Crippen LogP contribution in [0.1, 0.15) is 12.0 Å². The summed E-state index contributed by atoms with van der Waals surface area (Å²) in [7, 11) is 1.60.